The quantitative estimate of drug-likeness (QED) is 0.114. The molecule has 2 aliphatic rings. The standard InChI is InChI=1S/C12H22O11.C4H6O6.K.Sb/c13-1-3-5(14)8(17)10(19)12(23-3)21-2-4-6(15)7(16)9(18)11(20)22-4;5-1(3(7)8)2(6)4(9)10;;/h3-20H,1-2H2;1-2,5-6H,(H,7,8)(H,9,10);;/q;;+1;+3/t3-,4-,5-,6-,7+,8+,9+,10+,11+,12+;;;/m1.../s1. The van der Waals surface area contributed by atoms with Crippen LogP contribution in [0.1, 0.15) is 0 Å². The third kappa shape index (κ3) is 10.5. The molecule has 17 nitrogen and oxygen atoms in total. The Labute approximate surface area is 257 Å². The molecule has 35 heavy (non-hydrogen) atoms. The van der Waals surface area contributed by atoms with Gasteiger partial charge in [0.1, 0.15) is 48.8 Å². The summed E-state index contributed by atoms with van der Waals surface area (Å²) < 4.78 is 15.1. The summed E-state index contributed by atoms with van der Waals surface area (Å²) in [7, 11) is 0. The van der Waals surface area contributed by atoms with Gasteiger partial charge in [-0.3, -0.25) is 0 Å². The number of carboxylic acids is 2. The second kappa shape index (κ2) is 17.5. The Morgan fingerprint density at radius 2 is 1.14 bits per heavy atom. The molecular weight excluding hydrogens is 625 g/mol. The summed E-state index contributed by atoms with van der Waals surface area (Å²) in [6.07, 6.45) is -19.8. The Balaban J connectivity index is 0. The Bertz CT molecular complexity index is 625. The summed E-state index contributed by atoms with van der Waals surface area (Å²) in [4.78, 5) is 19.5. The molecule has 0 spiro atoms. The number of aliphatic hydroxyl groups excluding tert-OH is 10. The van der Waals surface area contributed by atoms with E-state index in [0.29, 0.717) is 0 Å². The van der Waals surface area contributed by atoms with Crippen molar-refractivity contribution in [3.8, 4) is 0 Å². The monoisotopic (exact) mass is 652 g/mol. The van der Waals surface area contributed by atoms with Crippen LogP contribution in [0.15, 0.2) is 0 Å². The zero-order valence-electron chi connectivity index (χ0n) is 18.2. The summed E-state index contributed by atoms with van der Waals surface area (Å²) in [6.45, 7) is -1.10. The molecule has 2 rings (SSSR count). The van der Waals surface area contributed by atoms with E-state index in [1.807, 2.05) is 0 Å². The second-order valence-corrected chi connectivity index (χ2v) is 7.13. The normalized spacial score (nSPS) is 38.5. The zero-order chi connectivity index (χ0) is 25.6. The van der Waals surface area contributed by atoms with Crippen molar-refractivity contribution in [2.24, 2.45) is 0 Å². The summed E-state index contributed by atoms with van der Waals surface area (Å²) in [5.74, 6) is -3.54. The van der Waals surface area contributed by atoms with E-state index in [4.69, 9.17) is 39.7 Å². The van der Waals surface area contributed by atoms with Gasteiger partial charge >= 0.3 is 87.8 Å². The van der Waals surface area contributed by atoms with Gasteiger partial charge in [-0.15, -0.1) is 0 Å². The minimum absolute atomic E-state index is 0. The molecule has 2 radical (unpaired) electrons. The van der Waals surface area contributed by atoms with Crippen molar-refractivity contribution in [2.75, 3.05) is 13.2 Å². The largest absolute Gasteiger partial charge is 3.00 e. The average Bonchev–Trinajstić information content (AvgIpc) is 2.77. The first-order valence-electron chi connectivity index (χ1n) is 9.36. The van der Waals surface area contributed by atoms with Crippen molar-refractivity contribution in [3.05, 3.63) is 0 Å². The maximum Gasteiger partial charge on any atom is 3.00 e. The molecule has 2 saturated heterocycles. The Morgan fingerprint density at radius 3 is 1.57 bits per heavy atom. The predicted octanol–water partition coefficient (Wildman–Crippen LogP) is -10.9. The topological polar surface area (TPSA) is 305 Å². The van der Waals surface area contributed by atoms with Gasteiger partial charge in [0.05, 0.1) is 13.2 Å². The fraction of sp³-hybridized carbons (Fsp3) is 0.875. The van der Waals surface area contributed by atoms with Crippen LogP contribution in [0.4, 0.5) is 0 Å². The van der Waals surface area contributed by atoms with Gasteiger partial charge in [-0.05, 0) is 0 Å². The first kappa shape index (κ1) is 38.0. The molecule has 12 N–H and O–H groups in total. The predicted molar refractivity (Wildman–Crippen MR) is 102 cm³/mol. The van der Waals surface area contributed by atoms with Crippen LogP contribution in [0.25, 0.3) is 0 Å². The van der Waals surface area contributed by atoms with Crippen molar-refractivity contribution in [2.45, 2.75) is 73.6 Å². The number of aliphatic hydroxyl groups is 10. The van der Waals surface area contributed by atoms with Gasteiger partial charge < -0.3 is 75.5 Å². The molecule has 12 atom stereocenters. The van der Waals surface area contributed by atoms with Crippen LogP contribution in [-0.2, 0) is 23.8 Å². The molecule has 2 heterocycles. The van der Waals surface area contributed by atoms with E-state index in [-0.39, 0.29) is 75.8 Å². The van der Waals surface area contributed by atoms with E-state index in [0.717, 1.165) is 0 Å². The van der Waals surface area contributed by atoms with Gasteiger partial charge in [-0.1, -0.05) is 0 Å². The van der Waals surface area contributed by atoms with Gasteiger partial charge in [-0.25, -0.2) is 9.59 Å². The smallest absolute Gasteiger partial charge is 0.479 e. The van der Waals surface area contributed by atoms with Crippen LogP contribution < -0.4 is 51.4 Å². The molecule has 19 heteroatoms. The molecule has 2 aliphatic heterocycles. The molecular formula is C16H28KO17Sb+4. The molecule has 0 aromatic carbocycles. The van der Waals surface area contributed by atoms with Crippen molar-refractivity contribution in [1.82, 2.24) is 0 Å². The average molecular weight is 653 g/mol. The van der Waals surface area contributed by atoms with Crippen LogP contribution in [0.2, 0.25) is 0 Å². The Morgan fingerprint density at radius 1 is 0.714 bits per heavy atom. The van der Waals surface area contributed by atoms with Crippen LogP contribution in [-0.4, -0.2) is 184 Å². The number of hydrogen-bond donors (Lipinski definition) is 12. The first-order chi connectivity index (χ1) is 15.2. The fourth-order valence-corrected chi connectivity index (χ4v) is 2.73. The number of ether oxygens (including phenoxy) is 3. The van der Waals surface area contributed by atoms with Crippen LogP contribution >= 0.6 is 0 Å². The van der Waals surface area contributed by atoms with E-state index in [1.165, 1.54) is 0 Å². The van der Waals surface area contributed by atoms with E-state index in [1.54, 1.807) is 0 Å². The molecule has 0 bridgehead atoms. The van der Waals surface area contributed by atoms with Crippen LogP contribution in [0.3, 0.4) is 0 Å². The third-order valence-corrected chi connectivity index (χ3v) is 4.77. The zero-order valence-corrected chi connectivity index (χ0v) is 23.9. The van der Waals surface area contributed by atoms with Crippen LogP contribution in [0, 0.1) is 0 Å². The summed E-state index contributed by atoms with van der Waals surface area (Å²) in [5, 5.41) is 109. The van der Waals surface area contributed by atoms with Crippen molar-refractivity contribution in [1.29, 1.82) is 0 Å². The van der Waals surface area contributed by atoms with Gasteiger partial charge in [0.2, 0.25) is 0 Å². The molecule has 2 unspecified atom stereocenters. The molecule has 0 amide bonds. The number of hydrogen-bond acceptors (Lipinski definition) is 15. The SMILES string of the molecule is O=C(O)C(O)C(O)C(=O)O.OC[C@H]1O[C@H](OC[C@H]2O[C@H](O)[C@@H](O)[C@@H](O)[C@@H]2O)[C@@H](O)[C@@H](O)[C@@H]1O.[K+].[Sb+3]. The number of aliphatic carboxylic acids is 2. The molecule has 2 fully saturated rings. The third-order valence-electron chi connectivity index (χ3n) is 4.77. The fourth-order valence-electron chi connectivity index (χ4n) is 2.73. The van der Waals surface area contributed by atoms with E-state index in [9.17, 15) is 45.3 Å². The second-order valence-electron chi connectivity index (χ2n) is 7.13. The molecule has 0 aromatic rings. The molecule has 0 aromatic heterocycles. The van der Waals surface area contributed by atoms with E-state index < -0.39 is 98.8 Å². The van der Waals surface area contributed by atoms with Crippen molar-refractivity contribution < 1.29 is 136 Å². The van der Waals surface area contributed by atoms with E-state index in [2.05, 4.69) is 0 Å². The minimum atomic E-state index is -2.27. The molecule has 196 valence electrons. The Hall–Kier alpha value is 0.875. The maximum absolute atomic E-state index is 9.78. The van der Waals surface area contributed by atoms with Crippen LogP contribution in [0.5, 0.6) is 0 Å². The van der Waals surface area contributed by atoms with Gasteiger partial charge in [0.25, 0.3) is 0 Å². The first-order valence-corrected chi connectivity index (χ1v) is 9.36. The maximum atomic E-state index is 9.78. The van der Waals surface area contributed by atoms with Crippen molar-refractivity contribution in [3.63, 3.8) is 0 Å². The van der Waals surface area contributed by atoms with Gasteiger partial charge in [0, 0.05) is 0 Å². The van der Waals surface area contributed by atoms with E-state index >= 15 is 0 Å². The number of carbonyl (C=O) groups is 2. The summed E-state index contributed by atoms with van der Waals surface area (Å²) >= 11 is 0. The number of rotatable bonds is 7. The summed E-state index contributed by atoms with van der Waals surface area (Å²) in [6, 6.07) is 0. The summed E-state index contributed by atoms with van der Waals surface area (Å²) in [5.41, 5.74) is 0. The Kier molecular flexibility index (Phi) is 19.0. The van der Waals surface area contributed by atoms with Gasteiger partial charge in [-0.2, -0.15) is 0 Å². The van der Waals surface area contributed by atoms with Crippen molar-refractivity contribution >= 4 is 36.4 Å². The molecule has 0 aliphatic carbocycles. The molecule has 0 saturated carbocycles. The van der Waals surface area contributed by atoms with Gasteiger partial charge in [0.15, 0.2) is 24.8 Å². The number of carboxylic acid groups (broad SMARTS) is 2. The minimum Gasteiger partial charge on any atom is -0.479 e.